The smallest absolute Gasteiger partial charge is 0.490 e. The molecule has 1 unspecified atom stereocenters. The van der Waals surface area contributed by atoms with Crippen LogP contribution in [0.5, 0.6) is 11.5 Å². The number of rotatable bonds is 9. The predicted octanol–water partition coefficient (Wildman–Crippen LogP) is 8.42. The number of ether oxygens (including phenoxy) is 2. The number of fused-ring (bicyclic) bond motifs is 1. The van der Waals surface area contributed by atoms with E-state index < -0.39 is 36.2 Å². The predicted molar refractivity (Wildman–Crippen MR) is 172 cm³/mol. The Morgan fingerprint density at radius 1 is 0.902 bits per heavy atom. The number of anilines is 1. The van der Waals surface area contributed by atoms with Crippen LogP contribution in [0.15, 0.2) is 85.3 Å². The highest BCUT2D eigenvalue weighted by molar-refractivity contribution is 5.85. The minimum absolute atomic E-state index is 0.141. The van der Waals surface area contributed by atoms with Crippen LogP contribution in [0.2, 0.25) is 0 Å². The summed E-state index contributed by atoms with van der Waals surface area (Å²) >= 11 is 0. The van der Waals surface area contributed by atoms with Gasteiger partial charge in [0, 0.05) is 46.9 Å². The van der Waals surface area contributed by atoms with Crippen molar-refractivity contribution in [2.75, 3.05) is 11.9 Å². The van der Waals surface area contributed by atoms with E-state index in [0.717, 1.165) is 27.7 Å². The number of aromatic amines is 1. The highest BCUT2D eigenvalue weighted by Gasteiger charge is 2.39. The van der Waals surface area contributed by atoms with E-state index in [1.54, 1.807) is 18.3 Å². The number of nitrogens with one attached hydrogen (secondary N) is 2. The molecule has 2 heterocycles. The number of H-pyrrole nitrogens is 1. The molecule has 0 aliphatic heterocycles. The van der Waals surface area contributed by atoms with E-state index in [4.69, 9.17) is 34.3 Å². The Balaban J connectivity index is 0.000000424. The third kappa shape index (κ3) is 11.6. The molecule has 0 saturated heterocycles. The average molecular weight is 725 g/mol. The molecular weight excluding hydrogens is 693 g/mol. The van der Waals surface area contributed by atoms with Crippen molar-refractivity contribution in [3.63, 3.8) is 0 Å². The highest BCUT2D eigenvalue weighted by atomic mass is 19.4. The molecule has 0 spiro atoms. The Labute approximate surface area is 285 Å². The number of alkyl halides is 6. The third-order valence-corrected chi connectivity index (χ3v) is 6.40. The molecule has 272 valence electrons. The lowest BCUT2D eigenvalue weighted by Gasteiger charge is -2.22. The van der Waals surface area contributed by atoms with Gasteiger partial charge in [0.2, 0.25) is 0 Å². The van der Waals surface area contributed by atoms with Crippen LogP contribution < -0.4 is 14.8 Å². The van der Waals surface area contributed by atoms with Crippen LogP contribution in [-0.2, 0) is 9.59 Å². The lowest BCUT2D eigenvalue weighted by Crippen LogP contribution is -2.21. The summed E-state index contributed by atoms with van der Waals surface area (Å²) in [5.74, 6) is -4.74. The largest absolute Gasteiger partial charge is 0.494 e. The summed E-state index contributed by atoms with van der Waals surface area (Å²) in [5, 5.41) is 19.8. The van der Waals surface area contributed by atoms with Gasteiger partial charge in [0.1, 0.15) is 17.6 Å². The number of nitrogens with zero attached hydrogens (tertiary/aromatic N) is 2. The molecule has 3 aromatic carbocycles. The second-order valence-corrected chi connectivity index (χ2v) is 10.6. The molecule has 0 aliphatic rings. The van der Waals surface area contributed by atoms with Crippen molar-refractivity contribution < 1.29 is 60.0 Å². The van der Waals surface area contributed by atoms with Gasteiger partial charge in [0.15, 0.2) is 11.6 Å². The number of pyridine rings is 1. The Hall–Kier alpha value is -5.87. The molecule has 4 N–H and O–H groups in total. The summed E-state index contributed by atoms with van der Waals surface area (Å²) in [7, 11) is 0. The molecule has 0 fully saturated rings. The van der Waals surface area contributed by atoms with Crippen LogP contribution in [0.4, 0.5) is 36.4 Å². The van der Waals surface area contributed by atoms with E-state index >= 15 is 4.39 Å². The van der Waals surface area contributed by atoms with Gasteiger partial charge in [-0.05, 0) is 50.4 Å². The molecule has 5 rings (SSSR count). The lowest BCUT2D eigenvalue weighted by molar-refractivity contribution is -0.193. The normalized spacial score (nSPS) is 11.8. The Kier molecular flexibility index (Phi) is 13.3. The lowest BCUT2D eigenvalue weighted by atomic mass is 10.0. The van der Waals surface area contributed by atoms with E-state index in [1.807, 2.05) is 87.8 Å². The number of imidazole rings is 1. The van der Waals surface area contributed by atoms with Gasteiger partial charge in [-0.15, -0.1) is 0 Å². The number of carbonyl (C=O) groups is 2. The van der Waals surface area contributed by atoms with E-state index in [-0.39, 0.29) is 11.9 Å². The SMILES string of the molecule is CCOc1cc(OC(C)C)c(F)c(C(Nc2ccc3cnccc3c2)c2nc(-c3ccccc3)c[nH]2)c1.O=C(O)C(F)(F)F.O=C(O)C(F)(F)F. The Morgan fingerprint density at radius 2 is 1.53 bits per heavy atom. The molecular formula is C34H31F7N4O6. The topological polar surface area (TPSA) is 147 Å². The zero-order chi connectivity index (χ0) is 37.9. The summed E-state index contributed by atoms with van der Waals surface area (Å²) in [6.07, 6.45) is -4.96. The standard InChI is InChI=1S/C30H29FN4O2.2C2HF3O2/c1-4-36-24-15-25(28(31)27(16-24)37-19(2)3)29(30-33-18-26(35-30)20-8-6-5-7-9-20)34-23-11-10-22-17-32-13-12-21(22)14-23;2*3-2(4,5)1(6)7/h5-19,29,34H,4H2,1-3H3,(H,33,35);2*(H,6,7). The number of carboxylic acid groups (broad SMARTS) is 2. The fourth-order valence-corrected chi connectivity index (χ4v) is 4.27. The third-order valence-electron chi connectivity index (χ3n) is 6.40. The zero-order valence-corrected chi connectivity index (χ0v) is 27.0. The van der Waals surface area contributed by atoms with Crippen LogP contribution in [-0.4, -0.2) is 62.2 Å². The first-order valence-electron chi connectivity index (χ1n) is 14.8. The first-order valence-corrected chi connectivity index (χ1v) is 14.8. The van der Waals surface area contributed by atoms with Crippen molar-refractivity contribution in [1.82, 2.24) is 15.0 Å². The maximum absolute atomic E-state index is 16.0. The summed E-state index contributed by atoms with van der Waals surface area (Å²) in [5.41, 5.74) is 2.92. The van der Waals surface area contributed by atoms with Crippen molar-refractivity contribution in [2.45, 2.75) is 45.3 Å². The molecule has 10 nitrogen and oxygen atoms in total. The van der Waals surface area contributed by atoms with Crippen LogP contribution in [0.25, 0.3) is 22.0 Å². The molecule has 2 aromatic heterocycles. The number of carboxylic acids is 2. The van der Waals surface area contributed by atoms with Gasteiger partial charge in [-0.1, -0.05) is 36.4 Å². The average Bonchev–Trinajstić information content (AvgIpc) is 3.55. The Bertz CT molecular complexity index is 1890. The van der Waals surface area contributed by atoms with Crippen molar-refractivity contribution in [3.05, 3.63) is 103 Å². The molecule has 0 saturated carbocycles. The van der Waals surface area contributed by atoms with Crippen LogP contribution in [0, 0.1) is 5.82 Å². The van der Waals surface area contributed by atoms with Gasteiger partial charge >= 0.3 is 24.3 Å². The molecule has 0 bridgehead atoms. The number of hydrogen-bond donors (Lipinski definition) is 4. The van der Waals surface area contributed by atoms with Gasteiger partial charge in [0.05, 0.1) is 18.4 Å². The summed E-state index contributed by atoms with van der Waals surface area (Å²) in [6, 6.07) is 20.4. The molecule has 1 atom stereocenters. The summed E-state index contributed by atoms with van der Waals surface area (Å²) in [4.78, 5) is 30.1. The minimum atomic E-state index is -5.08. The van der Waals surface area contributed by atoms with E-state index in [9.17, 15) is 26.3 Å². The Morgan fingerprint density at radius 3 is 2.10 bits per heavy atom. The molecule has 0 radical (unpaired) electrons. The molecule has 5 aromatic rings. The summed E-state index contributed by atoms with van der Waals surface area (Å²) in [6.45, 7) is 6.07. The van der Waals surface area contributed by atoms with Crippen molar-refractivity contribution in [2.24, 2.45) is 0 Å². The fourth-order valence-electron chi connectivity index (χ4n) is 4.27. The van der Waals surface area contributed by atoms with Gasteiger partial charge in [-0.2, -0.15) is 26.3 Å². The monoisotopic (exact) mass is 724 g/mol. The van der Waals surface area contributed by atoms with Gasteiger partial charge < -0.3 is 30.0 Å². The first kappa shape index (κ1) is 39.6. The summed E-state index contributed by atoms with van der Waals surface area (Å²) < 4.78 is 91.1. The van der Waals surface area contributed by atoms with Gasteiger partial charge in [-0.3, -0.25) is 4.98 Å². The van der Waals surface area contributed by atoms with Crippen LogP contribution in [0.1, 0.15) is 38.2 Å². The molecule has 0 amide bonds. The molecule has 51 heavy (non-hydrogen) atoms. The van der Waals surface area contributed by atoms with Gasteiger partial charge in [0.25, 0.3) is 0 Å². The van der Waals surface area contributed by atoms with Crippen molar-refractivity contribution in [3.8, 4) is 22.8 Å². The van der Waals surface area contributed by atoms with Crippen molar-refractivity contribution >= 4 is 28.4 Å². The van der Waals surface area contributed by atoms with Crippen molar-refractivity contribution in [1.29, 1.82) is 0 Å². The number of aliphatic carboxylic acids is 2. The maximum Gasteiger partial charge on any atom is 0.490 e. The highest BCUT2D eigenvalue weighted by Crippen LogP contribution is 2.36. The van der Waals surface area contributed by atoms with Crippen LogP contribution in [0.3, 0.4) is 0 Å². The molecule has 17 heteroatoms. The number of hydrogen-bond acceptors (Lipinski definition) is 7. The number of halogens is 7. The molecule has 0 aliphatic carbocycles. The minimum Gasteiger partial charge on any atom is -0.494 e. The quantitative estimate of drug-likeness (QED) is 0.110. The van der Waals surface area contributed by atoms with E-state index in [0.29, 0.717) is 23.7 Å². The van der Waals surface area contributed by atoms with Gasteiger partial charge in [-0.25, -0.2) is 19.0 Å². The fraction of sp³-hybridized carbons (Fsp3) is 0.235. The first-order chi connectivity index (χ1) is 23.9. The van der Waals surface area contributed by atoms with Crippen LogP contribution >= 0.6 is 0 Å². The number of aromatic nitrogens is 3. The number of benzene rings is 3. The second kappa shape index (κ2) is 17.2. The maximum atomic E-state index is 16.0. The second-order valence-electron chi connectivity index (χ2n) is 10.6. The zero-order valence-electron chi connectivity index (χ0n) is 27.0. The van der Waals surface area contributed by atoms with E-state index in [2.05, 4.69) is 15.3 Å². The van der Waals surface area contributed by atoms with E-state index in [1.165, 1.54) is 0 Å².